The zero-order chi connectivity index (χ0) is 23.3. The maximum absolute atomic E-state index is 13.2. The van der Waals surface area contributed by atoms with Gasteiger partial charge in [-0.3, -0.25) is 9.78 Å². The molecule has 0 atom stereocenters. The molecule has 0 bridgehead atoms. The van der Waals surface area contributed by atoms with Gasteiger partial charge in [0, 0.05) is 36.4 Å². The Morgan fingerprint density at radius 1 is 0.879 bits per heavy atom. The van der Waals surface area contributed by atoms with Crippen molar-refractivity contribution in [3.8, 4) is 11.1 Å². The van der Waals surface area contributed by atoms with Gasteiger partial charge >= 0.3 is 6.18 Å². The van der Waals surface area contributed by atoms with E-state index in [2.05, 4.69) is 20.6 Å². The molecule has 2 heterocycles. The van der Waals surface area contributed by atoms with Crippen LogP contribution in [-0.2, 0) is 12.7 Å². The zero-order valence-electron chi connectivity index (χ0n) is 17.3. The van der Waals surface area contributed by atoms with Gasteiger partial charge in [-0.25, -0.2) is 4.98 Å². The van der Waals surface area contributed by atoms with Crippen LogP contribution in [-0.4, -0.2) is 15.9 Å². The Morgan fingerprint density at radius 2 is 1.67 bits per heavy atom. The Kier molecular flexibility index (Phi) is 6.35. The largest absolute Gasteiger partial charge is 0.416 e. The summed E-state index contributed by atoms with van der Waals surface area (Å²) in [6, 6.07) is 18.7. The number of carbonyl (C=O) groups excluding carboxylic acids is 1. The fourth-order valence-electron chi connectivity index (χ4n) is 3.31. The summed E-state index contributed by atoms with van der Waals surface area (Å²) in [7, 11) is 0. The predicted molar refractivity (Wildman–Crippen MR) is 121 cm³/mol. The van der Waals surface area contributed by atoms with Crippen LogP contribution >= 0.6 is 0 Å². The van der Waals surface area contributed by atoms with Gasteiger partial charge in [-0.05, 0) is 53.6 Å². The van der Waals surface area contributed by atoms with Crippen molar-refractivity contribution in [2.45, 2.75) is 12.7 Å². The maximum atomic E-state index is 13.2. The monoisotopic (exact) mass is 448 g/mol. The Morgan fingerprint density at radius 3 is 2.45 bits per heavy atom. The second kappa shape index (κ2) is 9.52. The molecular weight excluding hydrogens is 429 g/mol. The number of para-hydroxylation sites is 1. The summed E-state index contributed by atoms with van der Waals surface area (Å²) in [6.07, 6.45) is 0.461. The molecule has 0 aliphatic heterocycles. The van der Waals surface area contributed by atoms with E-state index in [4.69, 9.17) is 0 Å². The molecule has 4 aromatic rings. The Bertz CT molecular complexity index is 1260. The van der Waals surface area contributed by atoms with Gasteiger partial charge in [-0.2, -0.15) is 13.2 Å². The molecule has 0 saturated heterocycles. The van der Waals surface area contributed by atoms with Crippen LogP contribution in [0, 0.1) is 0 Å². The molecule has 0 aliphatic rings. The van der Waals surface area contributed by atoms with Crippen molar-refractivity contribution < 1.29 is 18.0 Å². The highest BCUT2D eigenvalue weighted by Gasteiger charge is 2.30. The van der Waals surface area contributed by atoms with Crippen LogP contribution in [0.15, 0.2) is 91.4 Å². The van der Waals surface area contributed by atoms with E-state index >= 15 is 0 Å². The first kappa shape index (κ1) is 22.0. The summed E-state index contributed by atoms with van der Waals surface area (Å²) in [6.45, 7) is 0.445. The second-order valence-electron chi connectivity index (χ2n) is 7.19. The lowest BCUT2D eigenvalue weighted by molar-refractivity contribution is -0.137. The number of nitrogens with one attached hydrogen (secondary N) is 2. The molecule has 0 spiro atoms. The molecule has 2 N–H and O–H groups in total. The third kappa shape index (κ3) is 5.35. The van der Waals surface area contributed by atoms with Gasteiger partial charge in [0.15, 0.2) is 0 Å². The van der Waals surface area contributed by atoms with Crippen LogP contribution in [0.25, 0.3) is 11.1 Å². The number of carbonyl (C=O) groups is 1. The van der Waals surface area contributed by atoms with Crippen LogP contribution in [0.5, 0.6) is 0 Å². The minimum absolute atomic E-state index is 0.311. The highest BCUT2D eigenvalue weighted by atomic mass is 19.4. The van der Waals surface area contributed by atoms with E-state index in [1.807, 2.05) is 12.1 Å². The zero-order valence-corrected chi connectivity index (χ0v) is 17.3. The van der Waals surface area contributed by atoms with E-state index in [0.717, 1.165) is 17.7 Å². The van der Waals surface area contributed by atoms with Crippen molar-refractivity contribution in [2.75, 3.05) is 10.6 Å². The molecule has 0 fully saturated rings. The maximum Gasteiger partial charge on any atom is 0.416 e. The fourth-order valence-corrected chi connectivity index (χ4v) is 3.31. The number of pyridine rings is 2. The van der Waals surface area contributed by atoms with E-state index in [-0.39, 0.29) is 0 Å². The first-order valence-corrected chi connectivity index (χ1v) is 10.1. The van der Waals surface area contributed by atoms with Crippen LogP contribution < -0.4 is 10.6 Å². The average Bonchev–Trinajstić information content (AvgIpc) is 2.83. The smallest absolute Gasteiger partial charge is 0.365 e. The Balaban J connectivity index is 1.59. The van der Waals surface area contributed by atoms with Crippen LogP contribution in [0.4, 0.5) is 24.7 Å². The van der Waals surface area contributed by atoms with Crippen molar-refractivity contribution in [1.82, 2.24) is 9.97 Å². The number of amides is 1. The molecule has 5 nitrogen and oxygen atoms in total. The van der Waals surface area contributed by atoms with Gasteiger partial charge < -0.3 is 10.6 Å². The van der Waals surface area contributed by atoms with Crippen molar-refractivity contribution in [3.63, 3.8) is 0 Å². The van der Waals surface area contributed by atoms with E-state index in [1.165, 1.54) is 6.07 Å². The highest BCUT2D eigenvalue weighted by Crippen LogP contribution is 2.34. The quantitative estimate of drug-likeness (QED) is 0.378. The predicted octanol–water partition coefficient (Wildman–Crippen LogP) is 6.03. The molecule has 0 aliphatic carbocycles. The van der Waals surface area contributed by atoms with Gasteiger partial charge in [0.1, 0.15) is 5.82 Å². The molecule has 4 rings (SSSR count). The van der Waals surface area contributed by atoms with Gasteiger partial charge in [0.05, 0.1) is 11.1 Å². The fraction of sp³-hybridized carbons (Fsp3) is 0.0800. The molecule has 33 heavy (non-hydrogen) atoms. The number of rotatable bonds is 6. The Labute approximate surface area is 188 Å². The minimum Gasteiger partial charge on any atom is -0.365 e. The number of aromatic nitrogens is 2. The topological polar surface area (TPSA) is 66.9 Å². The summed E-state index contributed by atoms with van der Waals surface area (Å²) >= 11 is 0. The minimum atomic E-state index is -4.46. The molecule has 2 aromatic carbocycles. The first-order valence-electron chi connectivity index (χ1n) is 10.1. The number of anilines is 2. The number of halogens is 3. The van der Waals surface area contributed by atoms with Crippen molar-refractivity contribution in [3.05, 3.63) is 108 Å². The Hall–Kier alpha value is -4.20. The molecular formula is C25H19F3N4O. The first-order chi connectivity index (χ1) is 15.9. The molecule has 8 heteroatoms. The third-order valence-electron chi connectivity index (χ3n) is 4.94. The molecule has 0 radical (unpaired) electrons. The van der Waals surface area contributed by atoms with Crippen molar-refractivity contribution in [2.24, 2.45) is 0 Å². The van der Waals surface area contributed by atoms with Crippen LogP contribution in [0.2, 0.25) is 0 Å². The van der Waals surface area contributed by atoms with Gasteiger partial charge in [-0.15, -0.1) is 0 Å². The lowest BCUT2D eigenvalue weighted by Crippen LogP contribution is -2.16. The summed E-state index contributed by atoms with van der Waals surface area (Å²) < 4.78 is 39.5. The van der Waals surface area contributed by atoms with Crippen molar-refractivity contribution in [1.29, 1.82) is 0 Å². The van der Waals surface area contributed by atoms with Crippen LogP contribution in [0.1, 0.15) is 21.5 Å². The molecule has 0 unspecified atom stereocenters. The van der Waals surface area contributed by atoms with E-state index in [1.54, 1.807) is 61.1 Å². The molecule has 1 amide bonds. The van der Waals surface area contributed by atoms with E-state index < -0.39 is 17.6 Å². The number of hydrogen-bond acceptors (Lipinski definition) is 4. The van der Waals surface area contributed by atoms with Crippen LogP contribution in [0.3, 0.4) is 0 Å². The summed E-state index contributed by atoms with van der Waals surface area (Å²) in [5, 5.41) is 5.95. The van der Waals surface area contributed by atoms with Gasteiger partial charge in [-0.1, -0.05) is 30.3 Å². The van der Waals surface area contributed by atoms with E-state index in [0.29, 0.717) is 34.7 Å². The summed E-state index contributed by atoms with van der Waals surface area (Å²) in [5.74, 6) is -0.0388. The SMILES string of the molecule is O=C(Nc1ccccc1-c1cccc(C(F)(F)F)c1)c1cccnc1NCc1ccncc1. The summed E-state index contributed by atoms with van der Waals surface area (Å²) in [5.41, 5.74) is 1.75. The van der Waals surface area contributed by atoms with E-state index in [9.17, 15) is 18.0 Å². The normalized spacial score (nSPS) is 11.1. The molecule has 0 saturated carbocycles. The lowest BCUT2D eigenvalue weighted by atomic mass is 10.0. The highest BCUT2D eigenvalue weighted by molar-refractivity contribution is 6.09. The second-order valence-corrected chi connectivity index (χ2v) is 7.19. The molecule has 2 aromatic heterocycles. The average molecular weight is 448 g/mol. The lowest BCUT2D eigenvalue weighted by Gasteiger charge is -2.15. The van der Waals surface area contributed by atoms with Gasteiger partial charge in [0.2, 0.25) is 0 Å². The van der Waals surface area contributed by atoms with Crippen molar-refractivity contribution >= 4 is 17.4 Å². The number of benzene rings is 2. The number of hydrogen-bond donors (Lipinski definition) is 2. The number of alkyl halides is 3. The molecule has 166 valence electrons. The number of nitrogens with zero attached hydrogens (tertiary/aromatic N) is 2. The third-order valence-corrected chi connectivity index (χ3v) is 4.94. The van der Waals surface area contributed by atoms with Gasteiger partial charge in [0.25, 0.3) is 5.91 Å². The summed E-state index contributed by atoms with van der Waals surface area (Å²) in [4.78, 5) is 21.3. The standard InChI is InChI=1S/C25H19F3N4O/c26-25(27,28)19-6-3-5-18(15-19)20-7-1-2-9-22(20)32-24(33)21-8-4-12-30-23(21)31-16-17-10-13-29-14-11-17/h1-15H,16H2,(H,30,31)(H,32,33).